The molecule has 1 amide bonds. The normalized spacial score (nSPS) is 16.3. The van der Waals surface area contributed by atoms with Gasteiger partial charge >= 0.3 is 0 Å². The second-order valence-corrected chi connectivity index (χ2v) is 9.98. The molecule has 0 radical (unpaired) electrons. The molecule has 0 aliphatic carbocycles. The van der Waals surface area contributed by atoms with Crippen LogP contribution in [-0.4, -0.2) is 41.7 Å². The van der Waals surface area contributed by atoms with Gasteiger partial charge in [0.2, 0.25) is 15.9 Å². The second-order valence-electron chi connectivity index (χ2n) is 8.04. The zero-order chi connectivity index (χ0) is 21.8. The van der Waals surface area contributed by atoms with Gasteiger partial charge in [-0.3, -0.25) is 4.79 Å². The fraction of sp³-hybridized carbons (Fsp3) is 0.391. The average Bonchev–Trinajstić information content (AvgIpc) is 3.23. The van der Waals surface area contributed by atoms with E-state index in [2.05, 4.69) is 15.3 Å². The van der Waals surface area contributed by atoms with Gasteiger partial charge < -0.3 is 10.3 Å². The van der Waals surface area contributed by atoms with E-state index in [4.69, 9.17) is 0 Å². The molecule has 8 heteroatoms. The highest BCUT2D eigenvalue weighted by Gasteiger charge is 2.25. The van der Waals surface area contributed by atoms with Gasteiger partial charge in [-0.25, -0.2) is 13.4 Å². The summed E-state index contributed by atoms with van der Waals surface area (Å²) in [4.78, 5) is 20.5. The molecule has 1 aliphatic rings. The number of hydrogen-bond donors (Lipinski definition) is 2. The second kappa shape index (κ2) is 9.20. The van der Waals surface area contributed by atoms with Gasteiger partial charge in [-0.05, 0) is 56.0 Å². The molecule has 1 atom stereocenters. The van der Waals surface area contributed by atoms with Gasteiger partial charge in [-0.2, -0.15) is 4.31 Å². The van der Waals surface area contributed by atoms with Crippen LogP contribution in [0.5, 0.6) is 0 Å². The Bertz CT molecular complexity index is 1120. The van der Waals surface area contributed by atoms with Gasteiger partial charge in [0.05, 0.1) is 22.0 Å². The van der Waals surface area contributed by atoms with Crippen LogP contribution in [0.15, 0.2) is 53.4 Å². The Labute approximate surface area is 182 Å². The Hall–Kier alpha value is -2.71. The lowest BCUT2D eigenvalue weighted by Crippen LogP contribution is -2.35. The summed E-state index contributed by atoms with van der Waals surface area (Å²) in [6.07, 6.45) is 3.78. The van der Waals surface area contributed by atoms with Crippen LogP contribution in [-0.2, 0) is 21.2 Å². The zero-order valence-corrected chi connectivity index (χ0v) is 18.5. The molecule has 2 heterocycles. The first-order valence-electron chi connectivity index (χ1n) is 10.8. The van der Waals surface area contributed by atoms with Crippen molar-refractivity contribution >= 4 is 27.0 Å². The van der Waals surface area contributed by atoms with E-state index >= 15 is 0 Å². The number of imidazole rings is 1. The summed E-state index contributed by atoms with van der Waals surface area (Å²) in [5, 5.41) is 2.97. The Morgan fingerprint density at radius 3 is 2.52 bits per heavy atom. The molecule has 1 fully saturated rings. The average molecular weight is 441 g/mol. The summed E-state index contributed by atoms with van der Waals surface area (Å²) in [5.41, 5.74) is 2.75. The highest BCUT2D eigenvalue weighted by molar-refractivity contribution is 7.89. The minimum absolute atomic E-state index is 0.0713. The van der Waals surface area contributed by atoms with Crippen molar-refractivity contribution in [3.05, 3.63) is 59.9 Å². The SMILES string of the molecule is CC(NC(=O)CCc1ccc(S(=O)(=O)N2CCCCC2)cc1)c1nc2ccccc2[nH]1. The smallest absolute Gasteiger partial charge is 0.243 e. The van der Waals surface area contributed by atoms with E-state index in [0.29, 0.717) is 30.8 Å². The lowest BCUT2D eigenvalue weighted by molar-refractivity contribution is -0.121. The summed E-state index contributed by atoms with van der Waals surface area (Å²) in [6, 6.07) is 14.4. The molecule has 1 unspecified atom stereocenters. The number of H-pyrrole nitrogens is 1. The van der Waals surface area contributed by atoms with Crippen molar-refractivity contribution in [1.29, 1.82) is 0 Å². The summed E-state index contributed by atoms with van der Waals surface area (Å²) in [7, 11) is -3.42. The van der Waals surface area contributed by atoms with Gasteiger partial charge in [-0.1, -0.05) is 30.7 Å². The minimum Gasteiger partial charge on any atom is -0.346 e. The molecule has 1 saturated heterocycles. The standard InChI is InChI=1S/C23H28N4O3S/c1-17(23-25-20-7-3-4-8-21(20)26-23)24-22(28)14-11-18-9-12-19(13-10-18)31(29,30)27-15-5-2-6-16-27/h3-4,7-10,12-13,17H,2,5-6,11,14-16H2,1H3,(H,24,28)(H,25,26). The molecule has 2 aromatic carbocycles. The van der Waals surface area contributed by atoms with Crippen LogP contribution in [0.3, 0.4) is 0 Å². The Kier molecular flexibility index (Phi) is 6.38. The minimum atomic E-state index is -3.42. The number of aryl methyl sites for hydroxylation is 1. The monoisotopic (exact) mass is 440 g/mol. The van der Waals surface area contributed by atoms with E-state index in [0.717, 1.165) is 41.7 Å². The molecule has 7 nitrogen and oxygen atoms in total. The van der Waals surface area contributed by atoms with E-state index in [-0.39, 0.29) is 11.9 Å². The van der Waals surface area contributed by atoms with Gasteiger partial charge in [0.25, 0.3) is 0 Å². The molecular formula is C23H28N4O3S. The molecule has 0 bridgehead atoms. The number of amides is 1. The summed E-state index contributed by atoms with van der Waals surface area (Å²) < 4.78 is 27.0. The first kappa shape index (κ1) is 21.5. The maximum absolute atomic E-state index is 12.7. The van der Waals surface area contributed by atoms with Crippen LogP contribution in [0.1, 0.15) is 50.0 Å². The number of benzene rings is 2. The van der Waals surface area contributed by atoms with Crippen molar-refractivity contribution in [1.82, 2.24) is 19.6 Å². The number of aromatic amines is 1. The number of rotatable bonds is 7. The van der Waals surface area contributed by atoms with Crippen molar-refractivity contribution < 1.29 is 13.2 Å². The highest BCUT2D eigenvalue weighted by atomic mass is 32.2. The van der Waals surface area contributed by atoms with Crippen LogP contribution in [0.2, 0.25) is 0 Å². The molecule has 164 valence electrons. The number of carbonyl (C=O) groups is 1. The zero-order valence-electron chi connectivity index (χ0n) is 17.7. The maximum atomic E-state index is 12.7. The number of nitrogens with zero attached hydrogens (tertiary/aromatic N) is 2. The Morgan fingerprint density at radius 1 is 1.10 bits per heavy atom. The third kappa shape index (κ3) is 4.97. The fourth-order valence-corrected chi connectivity index (χ4v) is 5.42. The van der Waals surface area contributed by atoms with Crippen LogP contribution in [0.25, 0.3) is 11.0 Å². The van der Waals surface area contributed by atoms with E-state index in [9.17, 15) is 13.2 Å². The lowest BCUT2D eigenvalue weighted by Gasteiger charge is -2.25. The third-order valence-electron chi connectivity index (χ3n) is 5.71. The Morgan fingerprint density at radius 2 is 1.81 bits per heavy atom. The molecule has 3 aromatic rings. The number of piperidine rings is 1. The molecule has 1 aliphatic heterocycles. The van der Waals surface area contributed by atoms with Crippen LogP contribution < -0.4 is 5.32 Å². The van der Waals surface area contributed by atoms with Gasteiger partial charge in [0, 0.05) is 19.5 Å². The molecule has 1 aromatic heterocycles. The summed E-state index contributed by atoms with van der Waals surface area (Å²) in [5.74, 6) is 0.653. The molecular weight excluding hydrogens is 412 g/mol. The van der Waals surface area contributed by atoms with Crippen molar-refractivity contribution in [2.75, 3.05) is 13.1 Å². The van der Waals surface area contributed by atoms with Gasteiger partial charge in [0.15, 0.2) is 0 Å². The summed E-state index contributed by atoms with van der Waals surface area (Å²) >= 11 is 0. The molecule has 0 saturated carbocycles. The predicted octanol–water partition coefficient (Wildman–Crippen LogP) is 3.55. The number of sulfonamides is 1. The van der Waals surface area contributed by atoms with E-state index in [1.807, 2.05) is 31.2 Å². The van der Waals surface area contributed by atoms with Crippen molar-refractivity contribution in [2.45, 2.75) is 50.0 Å². The van der Waals surface area contributed by atoms with E-state index in [1.54, 1.807) is 28.6 Å². The van der Waals surface area contributed by atoms with Crippen molar-refractivity contribution in [3.63, 3.8) is 0 Å². The van der Waals surface area contributed by atoms with Crippen molar-refractivity contribution in [3.8, 4) is 0 Å². The summed E-state index contributed by atoms with van der Waals surface area (Å²) in [6.45, 7) is 3.08. The number of fused-ring (bicyclic) bond motifs is 1. The fourth-order valence-electron chi connectivity index (χ4n) is 3.90. The van der Waals surface area contributed by atoms with E-state index < -0.39 is 10.0 Å². The third-order valence-corrected chi connectivity index (χ3v) is 7.63. The largest absolute Gasteiger partial charge is 0.346 e. The number of carbonyl (C=O) groups excluding carboxylic acids is 1. The van der Waals surface area contributed by atoms with Crippen LogP contribution in [0.4, 0.5) is 0 Å². The highest BCUT2D eigenvalue weighted by Crippen LogP contribution is 2.21. The maximum Gasteiger partial charge on any atom is 0.243 e. The van der Waals surface area contributed by atoms with Gasteiger partial charge in [0.1, 0.15) is 5.82 Å². The Balaban J connectivity index is 1.32. The first-order valence-corrected chi connectivity index (χ1v) is 12.2. The molecule has 31 heavy (non-hydrogen) atoms. The number of aromatic nitrogens is 2. The lowest BCUT2D eigenvalue weighted by atomic mass is 10.1. The number of hydrogen-bond acceptors (Lipinski definition) is 4. The quantitative estimate of drug-likeness (QED) is 0.587. The predicted molar refractivity (Wildman–Crippen MR) is 120 cm³/mol. The van der Waals surface area contributed by atoms with Crippen LogP contribution in [0, 0.1) is 0 Å². The molecule has 0 spiro atoms. The first-order chi connectivity index (χ1) is 14.9. The number of para-hydroxylation sites is 2. The molecule has 2 N–H and O–H groups in total. The van der Waals surface area contributed by atoms with Crippen molar-refractivity contribution in [2.24, 2.45) is 0 Å². The van der Waals surface area contributed by atoms with E-state index in [1.165, 1.54) is 0 Å². The number of nitrogens with one attached hydrogen (secondary N) is 2. The topological polar surface area (TPSA) is 95.2 Å². The van der Waals surface area contributed by atoms with Crippen LogP contribution >= 0.6 is 0 Å². The van der Waals surface area contributed by atoms with Gasteiger partial charge in [-0.15, -0.1) is 0 Å². The molecule has 4 rings (SSSR count).